The van der Waals surface area contributed by atoms with Gasteiger partial charge in [-0.05, 0) is 45.0 Å². The van der Waals surface area contributed by atoms with Crippen LogP contribution in [0.25, 0.3) is 0 Å². The fourth-order valence-electron chi connectivity index (χ4n) is 2.14. The van der Waals surface area contributed by atoms with Crippen molar-refractivity contribution in [1.82, 2.24) is 15.1 Å². The SMILES string of the molecule is Cc1cc(C)n(CCCNCc2ccc(Br)cc2F)n1. The molecule has 0 spiro atoms. The van der Waals surface area contributed by atoms with E-state index in [-0.39, 0.29) is 5.82 Å². The maximum absolute atomic E-state index is 13.6. The van der Waals surface area contributed by atoms with Crippen LogP contribution in [0.15, 0.2) is 28.7 Å². The zero-order chi connectivity index (χ0) is 14.5. The Hall–Kier alpha value is -1.20. The summed E-state index contributed by atoms with van der Waals surface area (Å²) in [6, 6.07) is 7.22. The highest BCUT2D eigenvalue weighted by Crippen LogP contribution is 2.15. The molecule has 0 radical (unpaired) electrons. The van der Waals surface area contributed by atoms with Gasteiger partial charge in [0.1, 0.15) is 5.82 Å². The van der Waals surface area contributed by atoms with E-state index >= 15 is 0 Å². The predicted octanol–water partition coefficient (Wildman–Crippen LogP) is 3.58. The molecular formula is C15H19BrFN3. The minimum atomic E-state index is -0.176. The molecule has 0 aliphatic rings. The minimum Gasteiger partial charge on any atom is -0.312 e. The lowest BCUT2D eigenvalue weighted by molar-refractivity contribution is 0.524. The summed E-state index contributed by atoms with van der Waals surface area (Å²) in [5.41, 5.74) is 2.92. The third kappa shape index (κ3) is 4.15. The maximum Gasteiger partial charge on any atom is 0.128 e. The summed E-state index contributed by atoms with van der Waals surface area (Å²) < 4.78 is 16.4. The summed E-state index contributed by atoms with van der Waals surface area (Å²) in [4.78, 5) is 0. The van der Waals surface area contributed by atoms with Gasteiger partial charge >= 0.3 is 0 Å². The first-order valence-corrected chi connectivity index (χ1v) is 7.51. The molecular weight excluding hydrogens is 321 g/mol. The molecule has 0 amide bonds. The summed E-state index contributed by atoms with van der Waals surface area (Å²) in [5.74, 6) is -0.176. The van der Waals surface area contributed by atoms with E-state index in [0.717, 1.165) is 29.7 Å². The van der Waals surface area contributed by atoms with Crippen molar-refractivity contribution in [3.8, 4) is 0 Å². The number of benzene rings is 1. The fourth-order valence-corrected chi connectivity index (χ4v) is 2.48. The molecule has 1 N–H and O–H groups in total. The highest BCUT2D eigenvalue weighted by molar-refractivity contribution is 9.10. The third-order valence-electron chi connectivity index (χ3n) is 3.16. The van der Waals surface area contributed by atoms with Crippen molar-refractivity contribution in [2.24, 2.45) is 0 Å². The largest absolute Gasteiger partial charge is 0.312 e. The van der Waals surface area contributed by atoms with Crippen molar-refractivity contribution in [3.05, 3.63) is 51.5 Å². The molecule has 1 heterocycles. The topological polar surface area (TPSA) is 29.9 Å². The van der Waals surface area contributed by atoms with E-state index in [1.54, 1.807) is 6.07 Å². The van der Waals surface area contributed by atoms with Crippen molar-refractivity contribution in [3.63, 3.8) is 0 Å². The van der Waals surface area contributed by atoms with E-state index in [1.807, 2.05) is 17.7 Å². The minimum absolute atomic E-state index is 0.176. The standard InChI is InChI=1S/C15H19BrFN3/c1-11-8-12(2)20(19-11)7-3-6-18-10-13-4-5-14(16)9-15(13)17/h4-5,8-9,18H,3,6-7,10H2,1-2H3. The lowest BCUT2D eigenvalue weighted by atomic mass is 10.2. The van der Waals surface area contributed by atoms with Gasteiger partial charge in [-0.15, -0.1) is 0 Å². The van der Waals surface area contributed by atoms with Crippen molar-refractivity contribution in [2.45, 2.75) is 33.4 Å². The molecule has 0 aliphatic carbocycles. The molecule has 3 nitrogen and oxygen atoms in total. The van der Waals surface area contributed by atoms with Gasteiger partial charge in [0, 0.05) is 28.8 Å². The van der Waals surface area contributed by atoms with Crippen molar-refractivity contribution in [1.29, 1.82) is 0 Å². The average molecular weight is 340 g/mol. The molecule has 1 aromatic carbocycles. The summed E-state index contributed by atoms with van der Waals surface area (Å²) in [7, 11) is 0. The third-order valence-corrected chi connectivity index (χ3v) is 3.65. The van der Waals surface area contributed by atoms with Crippen LogP contribution < -0.4 is 5.32 Å². The second-order valence-electron chi connectivity index (χ2n) is 4.92. The summed E-state index contributed by atoms with van der Waals surface area (Å²) in [6.45, 7) is 6.34. The van der Waals surface area contributed by atoms with Gasteiger partial charge in [0.05, 0.1) is 5.69 Å². The molecule has 5 heteroatoms. The number of aryl methyl sites for hydroxylation is 3. The van der Waals surface area contributed by atoms with E-state index in [4.69, 9.17) is 0 Å². The van der Waals surface area contributed by atoms with Crippen LogP contribution in [0.3, 0.4) is 0 Å². The number of aromatic nitrogens is 2. The van der Waals surface area contributed by atoms with Crippen LogP contribution in [0, 0.1) is 19.7 Å². The molecule has 0 fully saturated rings. The van der Waals surface area contributed by atoms with Crippen molar-refractivity contribution < 1.29 is 4.39 Å². The summed E-state index contributed by atoms with van der Waals surface area (Å²) in [5, 5.41) is 7.68. The molecule has 108 valence electrons. The molecule has 2 aromatic rings. The van der Waals surface area contributed by atoms with Crippen LogP contribution in [0.4, 0.5) is 4.39 Å². The van der Waals surface area contributed by atoms with Gasteiger partial charge in [0.15, 0.2) is 0 Å². The van der Waals surface area contributed by atoms with Gasteiger partial charge in [0.25, 0.3) is 0 Å². The Labute approximate surface area is 127 Å². The maximum atomic E-state index is 13.6. The fraction of sp³-hybridized carbons (Fsp3) is 0.400. The van der Waals surface area contributed by atoms with Crippen LogP contribution in [-0.2, 0) is 13.1 Å². The zero-order valence-electron chi connectivity index (χ0n) is 11.8. The Morgan fingerprint density at radius 1 is 1.30 bits per heavy atom. The van der Waals surface area contributed by atoms with Crippen molar-refractivity contribution in [2.75, 3.05) is 6.54 Å². The van der Waals surface area contributed by atoms with Crippen molar-refractivity contribution >= 4 is 15.9 Å². The average Bonchev–Trinajstić information content (AvgIpc) is 2.70. The van der Waals surface area contributed by atoms with Crippen LogP contribution in [0.5, 0.6) is 0 Å². The highest BCUT2D eigenvalue weighted by Gasteiger charge is 2.03. The summed E-state index contributed by atoms with van der Waals surface area (Å²) >= 11 is 3.25. The first-order chi connectivity index (χ1) is 9.56. The smallest absolute Gasteiger partial charge is 0.128 e. The molecule has 0 bridgehead atoms. The van der Waals surface area contributed by atoms with E-state index in [0.29, 0.717) is 12.1 Å². The molecule has 0 atom stereocenters. The highest BCUT2D eigenvalue weighted by atomic mass is 79.9. The zero-order valence-corrected chi connectivity index (χ0v) is 13.4. The lowest BCUT2D eigenvalue weighted by Crippen LogP contribution is -2.17. The Bertz CT molecular complexity index is 580. The molecule has 0 saturated heterocycles. The molecule has 1 aromatic heterocycles. The molecule has 0 saturated carbocycles. The lowest BCUT2D eigenvalue weighted by Gasteiger charge is -2.07. The van der Waals surface area contributed by atoms with Gasteiger partial charge < -0.3 is 5.32 Å². The van der Waals surface area contributed by atoms with E-state index in [9.17, 15) is 4.39 Å². The Balaban J connectivity index is 1.73. The first kappa shape index (κ1) is 15.2. The van der Waals surface area contributed by atoms with Gasteiger partial charge in [-0.1, -0.05) is 22.0 Å². The normalized spacial score (nSPS) is 11.0. The van der Waals surface area contributed by atoms with E-state index in [2.05, 4.69) is 39.3 Å². The number of nitrogens with zero attached hydrogens (tertiary/aromatic N) is 2. The Kier molecular flexibility index (Phi) is 5.31. The van der Waals surface area contributed by atoms with Crippen LogP contribution in [0.2, 0.25) is 0 Å². The first-order valence-electron chi connectivity index (χ1n) is 6.72. The molecule has 0 aliphatic heterocycles. The van der Waals surface area contributed by atoms with Gasteiger partial charge in [-0.3, -0.25) is 4.68 Å². The number of rotatable bonds is 6. The van der Waals surface area contributed by atoms with E-state index < -0.39 is 0 Å². The molecule has 0 unspecified atom stereocenters. The Morgan fingerprint density at radius 2 is 2.10 bits per heavy atom. The Morgan fingerprint density at radius 3 is 2.75 bits per heavy atom. The van der Waals surface area contributed by atoms with Gasteiger partial charge in [-0.2, -0.15) is 5.10 Å². The number of hydrogen-bond donors (Lipinski definition) is 1. The quantitative estimate of drug-likeness (QED) is 0.815. The molecule has 20 heavy (non-hydrogen) atoms. The monoisotopic (exact) mass is 339 g/mol. The summed E-state index contributed by atoms with van der Waals surface area (Å²) in [6.07, 6.45) is 0.972. The predicted molar refractivity (Wildman–Crippen MR) is 82.1 cm³/mol. The number of hydrogen-bond acceptors (Lipinski definition) is 2. The van der Waals surface area contributed by atoms with E-state index in [1.165, 1.54) is 11.8 Å². The number of halogens is 2. The van der Waals surface area contributed by atoms with Crippen LogP contribution in [-0.4, -0.2) is 16.3 Å². The molecule has 2 rings (SSSR count). The van der Waals surface area contributed by atoms with Gasteiger partial charge in [-0.25, -0.2) is 4.39 Å². The van der Waals surface area contributed by atoms with Gasteiger partial charge in [0.2, 0.25) is 0 Å². The second kappa shape index (κ2) is 6.99. The number of nitrogens with one attached hydrogen (secondary N) is 1. The second-order valence-corrected chi connectivity index (χ2v) is 5.83. The van der Waals surface area contributed by atoms with Crippen LogP contribution >= 0.6 is 15.9 Å². The van der Waals surface area contributed by atoms with Crippen LogP contribution in [0.1, 0.15) is 23.4 Å².